The lowest BCUT2D eigenvalue weighted by molar-refractivity contribution is 0.546. The Balaban J connectivity index is 3.93. The Labute approximate surface area is 63.3 Å². The van der Waals surface area contributed by atoms with Gasteiger partial charge in [-0.25, -0.2) is 0 Å². The normalized spacial score (nSPS) is 11.3. The van der Waals surface area contributed by atoms with Gasteiger partial charge in [0.05, 0.1) is 5.84 Å². The second kappa shape index (κ2) is 5.03. The first-order chi connectivity index (χ1) is 4.76. The molecule has 58 valence electrons. The highest BCUT2D eigenvalue weighted by atomic mass is 15.2. The van der Waals surface area contributed by atoms with Crippen molar-refractivity contribution < 1.29 is 0 Å². The molecule has 0 heterocycles. The minimum atomic E-state index is 1.01. The second-order valence-corrected chi connectivity index (χ2v) is 2.15. The zero-order chi connectivity index (χ0) is 7.98. The number of aliphatic imine (C=N–C) groups is 1. The topological polar surface area (TPSA) is 15.6 Å². The first-order valence-electron chi connectivity index (χ1n) is 3.58. The monoisotopic (exact) mass is 140 g/mol. The van der Waals surface area contributed by atoms with Crippen LogP contribution in [0.2, 0.25) is 0 Å². The predicted molar refractivity (Wildman–Crippen MR) is 46.2 cm³/mol. The van der Waals surface area contributed by atoms with Crippen molar-refractivity contribution in [1.82, 2.24) is 4.90 Å². The molecule has 0 aliphatic carbocycles. The van der Waals surface area contributed by atoms with Gasteiger partial charge in [-0.1, -0.05) is 13.5 Å². The molecule has 0 spiro atoms. The zero-order valence-electron chi connectivity index (χ0n) is 7.09. The molecule has 0 aromatic heterocycles. The molecule has 0 saturated heterocycles. The summed E-state index contributed by atoms with van der Waals surface area (Å²) in [4.78, 5) is 6.09. The van der Waals surface area contributed by atoms with E-state index in [-0.39, 0.29) is 0 Å². The fraction of sp³-hybridized carbons (Fsp3) is 0.625. The van der Waals surface area contributed by atoms with Crippen LogP contribution in [0.4, 0.5) is 0 Å². The molecule has 0 aromatic carbocycles. The summed E-state index contributed by atoms with van der Waals surface area (Å²) in [5, 5.41) is 0. The van der Waals surface area contributed by atoms with Crippen LogP contribution in [0.25, 0.3) is 0 Å². The van der Waals surface area contributed by atoms with Crippen molar-refractivity contribution >= 4 is 5.84 Å². The van der Waals surface area contributed by atoms with E-state index in [1.165, 1.54) is 0 Å². The maximum Gasteiger partial charge on any atom is 0.0993 e. The highest BCUT2D eigenvalue weighted by molar-refractivity contribution is 5.80. The molecule has 0 bridgehead atoms. The van der Waals surface area contributed by atoms with E-state index in [0.29, 0.717) is 0 Å². The highest BCUT2D eigenvalue weighted by Crippen LogP contribution is 1.93. The Morgan fingerprint density at radius 3 is 2.60 bits per heavy atom. The molecule has 0 N–H and O–H groups in total. The molecule has 0 amide bonds. The van der Waals surface area contributed by atoms with E-state index in [1.54, 1.807) is 7.05 Å². The Kier molecular flexibility index (Phi) is 4.63. The smallest absolute Gasteiger partial charge is 0.0993 e. The van der Waals surface area contributed by atoms with Gasteiger partial charge in [0.2, 0.25) is 0 Å². The van der Waals surface area contributed by atoms with E-state index in [0.717, 1.165) is 18.8 Å². The van der Waals surface area contributed by atoms with Crippen molar-refractivity contribution in [3.05, 3.63) is 12.8 Å². The summed E-state index contributed by atoms with van der Waals surface area (Å²) in [5.41, 5.74) is 0. The van der Waals surface area contributed by atoms with Crippen LogP contribution < -0.4 is 0 Å². The largest absolute Gasteiger partial charge is 0.338 e. The van der Waals surface area contributed by atoms with Gasteiger partial charge in [0.1, 0.15) is 0 Å². The Morgan fingerprint density at radius 1 is 1.70 bits per heavy atom. The van der Waals surface area contributed by atoms with E-state index < -0.39 is 0 Å². The average Bonchev–Trinajstić information content (AvgIpc) is 1.99. The van der Waals surface area contributed by atoms with E-state index in [9.17, 15) is 0 Å². The van der Waals surface area contributed by atoms with Gasteiger partial charge < -0.3 is 4.90 Å². The lowest BCUT2D eigenvalue weighted by Crippen LogP contribution is -2.23. The van der Waals surface area contributed by atoms with Crippen LogP contribution in [0, 0.1) is 0 Å². The third-order valence-corrected chi connectivity index (χ3v) is 1.42. The van der Waals surface area contributed by atoms with E-state index in [4.69, 9.17) is 0 Å². The standard InChI is InChI=1S/C8H16N2/c1-5-7-10(6-2)8(3)9-4/h6H,2,5,7H2,1,3-4H3. The summed E-state index contributed by atoms with van der Waals surface area (Å²) in [6.07, 6.45) is 2.94. The first-order valence-corrected chi connectivity index (χ1v) is 3.58. The van der Waals surface area contributed by atoms with Crippen LogP contribution in [0.1, 0.15) is 20.3 Å². The Hall–Kier alpha value is -0.790. The van der Waals surface area contributed by atoms with Crippen molar-refractivity contribution in [2.24, 2.45) is 4.99 Å². The summed E-state index contributed by atoms with van der Waals surface area (Å²) in [6.45, 7) is 8.82. The summed E-state index contributed by atoms with van der Waals surface area (Å²) < 4.78 is 0. The van der Waals surface area contributed by atoms with Gasteiger partial charge in [-0.05, 0) is 19.5 Å². The van der Waals surface area contributed by atoms with Gasteiger partial charge in [0.15, 0.2) is 0 Å². The third kappa shape index (κ3) is 2.67. The SMILES string of the molecule is C=CN(CCC)C(C)=NC. The van der Waals surface area contributed by atoms with Gasteiger partial charge >= 0.3 is 0 Å². The first kappa shape index (κ1) is 9.21. The molecule has 0 fully saturated rings. The van der Waals surface area contributed by atoms with Crippen molar-refractivity contribution in [3.63, 3.8) is 0 Å². The molecule has 0 atom stereocenters. The molecule has 0 saturated carbocycles. The maximum absolute atomic E-state index is 4.05. The summed E-state index contributed by atoms with van der Waals surface area (Å²) in [6, 6.07) is 0. The fourth-order valence-corrected chi connectivity index (χ4v) is 0.755. The quantitative estimate of drug-likeness (QED) is 0.432. The number of hydrogen-bond acceptors (Lipinski definition) is 1. The molecule has 10 heavy (non-hydrogen) atoms. The molecule has 0 aliphatic heterocycles. The van der Waals surface area contributed by atoms with Crippen LogP contribution in [-0.4, -0.2) is 24.3 Å². The zero-order valence-corrected chi connectivity index (χ0v) is 7.09. The van der Waals surface area contributed by atoms with Crippen molar-refractivity contribution in [1.29, 1.82) is 0 Å². The van der Waals surface area contributed by atoms with E-state index in [2.05, 4.69) is 18.5 Å². The van der Waals surface area contributed by atoms with Crippen LogP contribution in [0.5, 0.6) is 0 Å². The van der Waals surface area contributed by atoms with Gasteiger partial charge in [0.25, 0.3) is 0 Å². The minimum Gasteiger partial charge on any atom is -0.338 e. The molecule has 0 radical (unpaired) electrons. The maximum atomic E-state index is 4.05. The number of hydrogen-bond donors (Lipinski definition) is 0. The van der Waals surface area contributed by atoms with E-state index >= 15 is 0 Å². The Bertz CT molecular complexity index is 127. The van der Waals surface area contributed by atoms with Crippen LogP contribution in [0.3, 0.4) is 0 Å². The molecule has 2 nitrogen and oxygen atoms in total. The van der Waals surface area contributed by atoms with Crippen LogP contribution >= 0.6 is 0 Å². The molecule has 0 aromatic rings. The van der Waals surface area contributed by atoms with Crippen molar-refractivity contribution in [3.8, 4) is 0 Å². The molecule has 0 aliphatic rings. The number of nitrogens with zero attached hydrogens (tertiary/aromatic N) is 2. The highest BCUT2D eigenvalue weighted by Gasteiger charge is 1.97. The second-order valence-electron chi connectivity index (χ2n) is 2.15. The van der Waals surface area contributed by atoms with Gasteiger partial charge in [0, 0.05) is 13.6 Å². The molecule has 2 heteroatoms. The summed E-state index contributed by atoms with van der Waals surface area (Å²) in [5.74, 6) is 1.02. The van der Waals surface area contributed by atoms with Crippen molar-refractivity contribution in [2.45, 2.75) is 20.3 Å². The Morgan fingerprint density at radius 2 is 2.30 bits per heavy atom. The van der Waals surface area contributed by atoms with Crippen LogP contribution in [-0.2, 0) is 0 Å². The molecule has 0 unspecified atom stereocenters. The summed E-state index contributed by atoms with van der Waals surface area (Å²) in [7, 11) is 1.79. The van der Waals surface area contributed by atoms with Gasteiger partial charge in [-0.2, -0.15) is 0 Å². The third-order valence-electron chi connectivity index (χ3n) is 1.42. The van der Waals surface area contributed by atoms with E-state index in [1.807, 2.05) is 18.0 Å². The van der Waals surface area contributed by atoms with Crippen LogP contribution in [0.15, 0.2) is 17.8 Å². The summed E-state index contributed by atoms with van der Waals surface area (Å²) >= 11 is 0. The number of amidine groups is 1. The lowest BCUT2D eigenvalue weighted by Gasteiger charge is -2.17. The lowest BCUT2D eigenvalue weighted by atomic mass is 10.4. The molecular formula is C8H16N2. The van der Waals surface area contributed by atoms with Gasteiger partial charge in [-0.3, -0.25) is 4.99 Å². The molecular weight excluding hydrogens is 124 g/mol. The minimum absolute atomic E-state index is 1.01. The molecule has 0 rings (SSSR count). The fourth-order valence-electron chi connectivity index (χ4n) is 0.755. The van der Waals surface area contributed by atoms with Crippen molar-refractivity contribution in [2.75, 3.05) is 13.6 Å². The van der Waals surface area contributed by atoms with Gasteiger partial charge in [-0.15, -0.1) is 0 Å². The predicted octanol–water partition coefficient (Wildman–Crippen LogP) is 1.89. The average molecular weight is 140 g/mol. The number of rotatable bonds is 3.